The van der Waals surface area contributed by atoms with Crippen LogP contribution in [0.15, 0.2) is 0 Å². The van der Waals surface area contributed by atoms with E-state index in [2.05, 4.69) is 0 Å². The molecule has 0 bridgehead atoms. The van der Waals surface area contributed by atoms with Crippen molar-refractivity contribution in [3.8, 4) is 0 Å². The van der Waals surface area contributed by atoms with E-state index >= 15 is 0 Å². The second-order valence-electron chi connectivity index (χ2n) is 3.26. The lowest BCUT2D eigenvalue weighted by Crippen LogP contribution is -2.47. The van der Waals surface area contributed by atoms with Gasteiger partial charge in [-0.2, -0.15) is 0 Å². The number of primary amides is 1. The van der Waals surface area contributed by atoms with Crippen LogP contribution in [0.25, 0.3) is 0 Å². The molecule has 2 amide bonds. The van der Waals surface area contributed by atoms with Crippen molar-refractivity contribution in [3.05, 3.63) is 0 Å². The van der Waals surface area contributed by atoms with Gasteiger partial charge in [-0.3, -0.25) is 9.59 Å². The molecule has 0 heterocycles. The molecule has 70 valence electrons. The van der Waals surface area contributed by atoms with E-state index in [0.717, 1.165) is 0 Å². The van der Waals surface area contributed by atoms with E-state index in [9.17, 15) is 9.59 Å². The van der Waals surface area contributed by atoms with E-state index in [1.807, 2.05) is 27.7 Å². The molecular weight excluding hydrogens is 156 g/mol. The van der Waals surface area contributed by atoms with Crippen molar-refractivity contribution in [3.63, 3.8) is 0 Å². The van der Waals surface area contributed by atoms with Gasteiger partial charge in [0.25, 0.3) is 0 Å². The van der Waals surface area contributed by atoms with Crippen molar-refractivity contribution in [2.45, 2.75) is 39.8 Å². The molecule has 0 saturated heterocycles. The predicted octanol–water partition coefficient (Wildman–Crippen LogP) is 0.117. The fourth-order valence-electron chi connectivity index (χ4n) is 1.19. The highest BCUT2D eigenvalue weighted by Crippen LogP contribution is 2.04. The molecule has 0 radical (unpaired) electrons. The van der Waals surface area contributed by atoms with Crippen LogP contribution in [0.3, 0.4) is 0 Å². The Kier molecular flexibility index (Phi) is 3.73. The van der Waals surface area contributed by atoms with Crippen molar-refractivity contribution in [1.82, 2.24) is 4.90 Å². The van der Waals surface area contributed by atoms with Crippen molar-refractivity contribution < 1.29 is 9.59 Å². The molecule has 0 aliphatic rings. The first-order valence-electron chi connectivity index (χ1n) is 4.00. The molecule has 0 spiro atoms. The number of carbonyl (C=O) groups excluding carboxylic acids is 2. The highest BCUT2D eigenvalue weighted by molar-refractivity contribution is 6.34. The SMILES string of the molecule is CC(C)N(C(=O)C(N)=O)C(C)C. The minimum Gasteiger partial charge on any atom is -0.361 e. The van der Waals surface area contributed by atoms with E-state index in [1.165, 1.54) is 4.90 Å². The van der Waals surface area contributed by atoms with Crippen LogP contribution in [0.2, 0.25) is 0 Å². The topological polar surface area (TPSA) is 63.4 Å². The number of hydrogen-bond donors (Lipinski definition) is 1. The molecule has 0 aromatic carbocycles. The third kappa shape index (κ3) is 2.53. The van der Waals surface area contributed by atoms with Crippen LogP contribution < -0.4 is 5.73 Å². The van der Waals surface area contributed by atoms with Crippen LogP contribution in [0.1, 0.15) is 27.7 Å². The lowest BCUT2D eigenvalue weighted by molar-refractivity contribution is -0.146. The molecular formula is C8H16N2O2. The average molecular weight is 172 g/mol. The molecule has 0 aromatic rings. The molecule has 0 aromatic heterocycles. The number of nitrogens with two attached hydrogens (primary N) is 1. The number of nitrogens with zero attached hydrogens (tertiary/aromatic N) is 1. The standard InChI is InChI=1S/C8H16N2O2/c1-5(2)10(6(3)4)8(12)7(9)11/h5-6H,1-4H3,(H2,9,11). The summed E-state index contributed by atoms with van der Waals surface area (Å²) in [4.78, 5) is 23.2. The quantitative estimate of drug-likeness (QED) is 0.601. The van der Waals surface area contributed by atoms with Gasteiger partial charge in [0.1, 0.15) is 0 Å². The summed E-state index contributed by atoms with van der Waals surface area (Å²) in [7, 11) is 0. The Bertz CT molecular complexity index is 179. The van der Waals surface area contributed by atoms with Crippen LogP contribution in [-0.4, -0.2) is 28.8 Å². The van der Waals surface area contributed by atoms with Gasteiger partial charge in [-0.1, -0.05) is 0 Å². The van der Waals surface area contributed by atoms with Crippen molar-refractivity contribution in [2.75, 3.05) is 0 Å². The van der Waals surface area contributed by atoms with Crippen LogP contribution in [0, 0.1) is 0 Å². The summed E-state index contributed by atoms with van der Waals surface area (Å²) >= 11 is 0. The molecule has 0 saturated carbocycles. The Labute approximate surface area is 72.7 Å². The van der Waals surface area contributed by atoms with Gasteiger partial charge in [0.2, 0.25) is 0 Å². The first-order chi connectivity index (χ1) is 5.37. The first kappa shape index (κ1) is 10.9. The second kappa shape index (κ2) is 4.09. The first-order valence-corrected chi connectivity index (χ1v) is 4.00. The third-order valence-corrected chi connectivity index (χ3v) is 1.56. The molecule has 0 fully saturated rings. The molecule has 0 atom stereocenters. The molecule has 0 unspecified atom stereocenters. The largest absolute Gasteiger partial charge is 0.361 e. The van der Waals surface area contributed by atoms with Crippen molar-refractivity contribution in [2.24, 2.45) is 5.73 Å². The van der Waals surface area contributed by atoms with Gasteiger partial charge >= 0.3 is 11.8 Å². The maximum absolute atomic E-state index is 11.2. The fourth-order valence-corrected chi connectivity index (χ4v) is 1.19. The Morgan fingerprint density at radius 2 is 1.42 bits per heavy atom. The molecule has 0 rings (SSSR count). The van der Waals surface area contributed by atoms with Gasteiger partial charge in [-0.25, -0.2) is 0 Å². The Balaban J connectivity index is 4.52. The van der Waals surface area contributed by atoms with E-state index in [-0.39, 0.29) is 12.1 Å². The average Bonchev–Trinajstić information content (AvgIpc) is 1.85. The van der Waals surface area contributed by atoms with E-state index in [4.69, 9.17) is 5.73 Å². The minimum absolute atomic E-state index is 0.00463. The normalized spacial score (nSPS) is 10.5. The fraction of sp³-hybridized carbons (Fsp3) is 0.750. The summed E-state index contributed by atoms with van der Waals surface area (Å²) < 4.78 is 0. The summed E-state index contributed by atoms with van der Waals surface area (Å²) in [5.74, 6) is -1.50. The van der Waals surface area contributed by atoms with E-state index in [1.54, 1.807) is 0 Å². The maximum Gasteiger partial charge on any atom is 0.312 e. The Hall–Kier alpha value is -1.06. The number of carbonyl (C=O) groups is 2. The van der Waals surface area contributed by atoms with Crippen LogP contribution in [-0.2, 0) is 9.59 Å². The van der Waals surface area contributed by atoms with Crippen LogP contribution in [0.5, 0.6) is 0 Å². The monoisotopic (exact) mass is 172 g/mol. The molecule has 12 heavy (non-hydrogen) atoms. The third-order valence-electron chi connectivity index (χ3n) is 1.56. The van der Waals surface area contributed by atoms with Crippen LogP contribution >= 0.6 is 0 Å². The highest BCUT2D eigenvalue weighted by Gasteiger charge is 2.23. The Morgan fingerprint density at radius 1 is 1.08 bits per heavy atom. The minimum atomic E-state index is -0.891. The number of rotatable bonds is 2. The summed E-state index contributed by atoms with van der Waals surface area (Å²) in [6.45, 7) is 7.39. The van der Waals surface area contributed by atoms with Crippen molar-refractivity contribution in [1.29, 1.82) is 0 Å². The summed E-state index contributed by atoms with van der Waals surface area (Å²) in [5.41, 5.74) is 4.88. The zero-order chi connectivity index (χ0) is 9.89. The molecule has 4 nitrogen and oxygen atoms in total. The van der Waals surface area contributed by atoms with Crippen molar-refractivity contribution >= 4 is 11.8 Å². The lowest BCUT2D eigenvalue weighted by atomic mass is 10.2. The summed E-state index contributed by atoms with van der Waals surface area (Å²) in [5, 5.41) is 0. The summed E-state index contributed by atoms with van der Waals surface area (Å²) in [6, 6.07) is 0.00926. The zero-order valence-corrected chi connectivity index (χ0v) is 8.00. The number of hydrogen-bond acceptors (Lipinski definition) is 2. The Morgan fingerprint density at radius 3 is 1.50 bits per heavy atom. The number of amides is 2. The van der Waals surface area contributed by atoms with E-state index < -0.39 is 11.8 Å². The maximum atomic E-state index is 11.2. The van der Waals surface area contributed by atoms with Gasteiger partial charge in [0.15, 0.2) is 0 Å². The van der Waals surface area contributed by atoms with E-state index in [0.29, 0.717) is 0 Å². The van der Waals surface area contributed by atoms with Gasteiger partial charge in [-0.05, 0) is 27.7 Å². The second-order valence-corrected chi connectivity index (χ2v) is 3.26. The predicted molar refractivity (Wildman–Crippen MR) is 46.3 cm³/mol. The summed E-state index contributed by atoms with van der Waals surface area (Å²) in [6.07, 6.45) is 0. The van der Waals surface area contributed by atoms with Crippen LogP contribution in [0.4, 0.5) is 0 Å². The lowest BCUT2D eigenvalue weighted by Gasteiger charge is -2.29. The smallest absolute Gasteiger partial charge is 0.312 e. The molecule has 4 heteroatoms. The van der Waals surface area contributed by atoms with Gasteiger partial charge in [0.05, 0.1) is 0 Å². The molecule has 0 aliphatic carbocycles. The molecule has 2 N–H and O–H groups in total. The van der Waals surface area contributed by atoms with Gasteiger partial charge in [0, 0.05) is 12.1 Å². The van der Waals surface area contributed by atoms with Gasteiger partial charge < -0.3 is 10.6 Å². The zero-order valence-electron chi connectivity index (χ0n) is 8.00. The van der Waals surface area contributed by atoms with Gasteiger partial charge in [-0.15, -0.1) is 0 Å². The highest BCUT2D eigenvalue weighted by atomic mass is 16.2. The molecule has 0 aliphatic heterocycles.